The third-order valence-electron chi connectivity index (χ3n) is 2.91. The third-order valence-corrected chi connectivity index (χ3v) is 3.15. The second-order valence-corrected chi connectivity index (χ2v) is 4.76. The number of aromatic carboxylic acids is 1. The predicted molar refractivity (Wildman–Crippen MR) is 66.6 cm³/mol. The Morgan fingerprint density at radius 3 is 3.16 bits per heavy atom. The third kappa shape index (κ3) is 2.39. The lowest BCUT2D eigenvalue weighted by atomic mass is 10.1. The van der Waals surface area contributed by atoms with E-state index in [1.54, 1.807) is 6.07 Å². The van der Waals surface area contributed by atoms with E-state index in [2.05, 4.69) is 10.3 Å². The van der Waals surface area contributed by atoms with Gasteiger partial charge in [0.05, 0.1) is 12.7 Å². The molecule has 2 aromatic rings. The average Bonchev–Trinajstić information content (AvgIpc) is 2.95. The molecule has 1 aliphatic heterocycles. The number of fused-ring (bicyclic) bond motifs is 1. The molecule has 0 bridgehead atoms. The molecule has 1 aromatic carbocycles. The molecule has 1 N–H and O–H groups in total. The maximum atomic E-state index is 10.7. The van der Waals surface area contributed by atoms with Crippen molar-refractivity contribution in [1.29, 1.82) is 0 Å². The molecule has 1 unspecified atom stereocenters. The summed E-state index contributed by atoms with van der Waals surface area (Å²) in [6.45, 7) is 0.451. The lowest BCUT2D eigenvalue weighted by Gasteiger charge is -2.09. The van der Waals surface area contributed by atoms with Gasteiger partial charge < -0.3 is 9.84 Å². The Labute approximate surface area is 113 Å². The number of aromatic nitrogens is 3. The zero-order valence-corrected chi connectivity index (χ0v) is 10.5. The van der Waals surface area contributed by atoms with E-state index in [0.717, 1.165) is 17.7 Å². The maximum Gasteiger partial charge on any atom is 0.358 e. The highest BCUT2D eigenvalue weighted by Gasteiger charge is 2.24. The molecule has 19 heavy (non-hydrogen) atoms. The van der Waals surface area contributed by atoms with Crippen LogP contribution in [0.25, 0.3) is 0 Å². The fraction of sp³-hybridized carbons (Fsp3) is 0.250. The van der Waals surface area contributed by atoms with Gasteiger partial charge in [-0.15, -0.1) is 5.10 Å². The molecular weight excluding hydrogens is 270 g/mol. The summed E-state index contributed by atoms with van der Waals surface area (Å²) in [5, 5.41) is 16.8. The van der Waals surface area contributed by atoms with Gasteiger partial charge >= 0.3 is 5.97 Å². The molecule has 0 amide bonds. The first-order valence-corrected chi connectivity index (χ1v) is 6.08. The Morgan fingerprint density at radius 1 is 1.58 bits per heavy atom. The fourth-order valence-corrected chi connectivity index (χ4v) is 2.28. The molecule has 3 rings (SSSR count). The molecule has 7 heteroatoms. The van der Waals surface area contributed by atoms with Gasteiger partial charge in [-0.3, -0.25) is 0 Å². The van der Waals surface area contributed by atoms with E-state index in [9.17, 15) is 4.79 Å². The average molecular weight is 280 g/mol. The van der Waals surface area contributed by atoms with Crippen molar-refractivity contribution in [2.75, 3.05) is 0 Å². The smallest absolute Gasteiger partial charge is 0.358 e. The first-order chi connectivity index (χ1) is 9.11. The van der Waals surface area contributed by atoms with E-state index in [-0.39, 0.29) is 11.8 Å². The van der Waals surface area contributed by atoms with Crippen molar-refractivity contribution in [3.05, 3.63) is 40.7 Å². The van der Waals surface area contributed by atoms with E-state index in [4.69, 9.17) is 21.4 Å². The number of hydrogen-bond donors (Lipinski definition) is 1. The zero-order valence-electron chi connectivity index (χ0n) is 9.78. The summed E-state index contributed by atoms with van der Waals surface area (Å²) >= 11 is 5.92. The van der Waals surface area contributed by atoms with Crippen molar-refractivity contribution in [1.82, 2.24) is 15.0 Å². The number of benzene rings is 1. The molecular formula is C12H10ClN3O3. The Morgan fingerprint density at radius 2 is 2.42 bits per heavy atom. The highest BCUT2D eigenvalue weighted by molar-refractivity contribution is 6.30. The van der Waals surface area contributed by atoms with Gasteiger partial charge in [-0.1, -0.05) is 16.8 Å². The van der Waals surface area contributed by atoms with Crippen LogP contribution in [0.3, 0.4) is 0 Å². The second-order valence-electron chi connectivity index (χ2n) is 4.33. The van der Waals surface area contributed by atoms with Crippen LogP contribution in [0.2, 0.25) is 5.02 Å². The van der Waals surface area contributed by atoms with Crippen molar-refractivity contribution in [2.24, 2.45) is 0 Å². The monoisotopic (exact) mass is 279 g/mol. The van der Waals surface area contributed by atoms with Crippen LogP contribution in [0, 0.1) is 0 Å². The summed E-state index contributed by atoms with van der Waals surface area (Å²) in [7, 11) is 0. The van der Waals surface area contributed by atoms with Gasteiger partial charge in [-0.05, 0) is 23.8 Å². The summed E-state index contributed by atoms with van der Waals surface area (Å²) in [6, 6.07) is 5.49. The minimum Gasteiger partial charge on any atom is -0.488 e. The molecule has 0 saturated carbocycles. The van der Waals surface area contributed by atoms with Crippen LogP contribution < -0.4 is 4.74 Å². The van der Waals surface area contributed by atoms with Crippen LogP contribution in [0.4, 0.5) is 0 Å². The van der Waals surface area contributed by atoms with Crippen molar-refractivity contribution in [3.8, 4) is 5.75 Å². The van der Waals surface area contributed by atoms with Crippen molar-refractivity contribution >= 4 is 17.6 Å². The summed E-state index contributed by atoms with van der Waals surface area (Å²) in [6.07, 6.45) is 2.02. The lowest BCUT2D eigenvalue weighted by Crippen LogP contribution is -2.21. The zero-order chi connectivity index (χ0) is 13.4. The van der Waals surface area contributed by atoms with Gasteiger partial charge in [0.1, 0.15) is 11.9 Å². The van der Waals surface area contributed by atoms with E-state index in [1.807, 2.05) is 12.1 Å². The summed E-state index contributed by atoms with van der Waals surface area (Å²) in [5.41, 5.74) is 0.981. The van der Waals surface area contributed by atoms with Crippen molar-refractivity contribution in [3.63, 3.8) is 0 Å². The number of hydrogen-bond acceptors (Lipinski definition) is 4. The highest BCUT2D eigenvalue weighted by atomic mass is 35.5. The Hall–Kier alpha value is -2.08. The summed E-state index contributed by atoms with van der Waals surface area (Å²) in [5.74, 6) is -0.276. The largest absolute Gasteiger partial charge is 0.488 e. The Bertz CT molecular complexity index is 641. The number of nitrogens with zero attached hydrogens (tertiary/aromatic N) is 3. The number of ether oxygens (including phenoxy) is 1. The summed E-state index contributed by atoms with van der Waals surface area (Å²) in [4.78, 5) is 10.7. The first kappa shape index (κ1) is 12.0. The minimum absolute atomic E-state index is 0.0708. The standard InChI is InChI=1S/C12H10ClN3O3/c13-8-1-2-11-7(3-8)4-9(19-11)5-16-6-10(12(17)18)14-15-16/h1-3,6,9H,4-5H2,(H,17,18). The fourth-order valence-electron chi connectivity index (χ4n) is 2.09. The molecule has 6 nitrogen and oxygen atoms in total. The molecule has 98 valence electrons. The number of halogens is 1. The first-order valence-electron chi connectivity index (χ1n) is 5.70. The van der Waals surface area contributed by atoms with Gasteiger partial charge in [-0.25, -0.2) is 9.48 Å². The molecule has 1 aromatic heterocycles. The Balaban J connectivity index is 1.71. The number of carbonyl (C=O) groups is 1. The van der Waals surface area contributed by atoms with Crippen LogP contribution >= 0.6 is 11.6 Å². The summed E-state index contributed by atoms with van der Waals surface area (Å²) < 4.78 is 7.21. The van der Waals surface area contributed by atoms with Crippen LogP contribution in [0.1, 0.15) is 16.1 Å². The topological polar surface area (TPSA) is 77.2 Å². The molecule has 0 spiro atoms. The highest BCUT2D eigenvalue weighted by Crippen LogP contribution is 2.31. The Kier molecular flexibility index (Phi) is 2.87. The van der Waals surface area contributed by atoms with E-state index in [0.29, 0.717) is 11.6 Å². The van der Waals surface area contributed by atoms with Crippen LogP contribution in [-0.4, -0.2) is 32.2 Å². The maximum absolute atomic E-state index is 10.7. The quantitative estimate of drug-likeness (QED) is 0.924. The van der Waals surface area contributed by atoms with Crippen molar-refractivity contribution in [2.45, 2.75) is 19.1 Å². The van der Waals surface area contributed by atoms with Gasteiger partial charge in [0.15, 0.2) is 5.69 Å². The van der Waals surface area contributed by atoms with Crippen LogP contribution in [-0.2, 0) is 13.0 Å². The van der Waals surface area contributed by atoms with Gasteiger partial charge in [0.2, 0.25) is 0 Å². The second kappa shape index (κ2) is 4.55. The number of carboxylic acids is 1. The van der Waals surface area contributed by atoms with E-state index in [1.165, 1.54) is 10.9 Å². The molecule has 1 atom stereocenters. The van der Waals surface area contributed by atoms with Gasteiger partial charge in [0, 0.05) is 11.4 Å². The molecule has 0 aliphatic carbocycles. The molecule has 0 saturated heterocycles. The normalized spacial score (nSPS) is 17.0. The molecule has 2 heterocycles. The van der Waals surface area contributed by atoms with E-state index < -0.39 is 5.97 Å². The molecule has 1 aliphatic rings. The van der Waals surface area contributed by atoms with Gasteiger partial charge in [0.25, 0.3) is 0 Å². The minimum atomic E-state index is -1.09. The molecule has 0 radical (unpaired) electrons. The van der Waals surface area contributed by atoms with Gasteiger partial charge in [-0.2, -0.15) is 0 Å². The van der Waals surface area contributed by atoms with E-state index >= 15 is 0 Å². The van der Waals surface area contributed by atoms with Crippen molar-refractivity contribution < 1.29 is 14.6 Å². The molecule has 0 fully saturated rings. The SMILES string of the molecule is O=C(O)c1cn(CC2Cc3cc(Cl)ccc3O2)nn1. The number of rotatable bonds is 3. The predicted octanol–water partition coefficient (Wildman–Crippen LogP) is 1.63. The lowest BCUT2D eigenvalue weighted by molar-refractivity contribution is 0.0690. The number of carboxylic acid groups (broad SMARTS) is 1. The van der Waals surface area contributed by atoms with Crippen LogP contribution in [0.5, 0.6) is 5.75 Å². The van der Waals surface area contributed by atoms with Crippen LogP contribution in [0.15, 0.2) is 24.4 Å².